The fraction of sp³-hybridized carbons (Fsp3) is 0.387. The first-order valence-corrected chi connectivity index (χ1v) is 16.1. The molecular weight excluding hydrogens is 544 g/mol. The van der Waals surface area contributed by atoms with Crippen LogP contribution in [0, 0.1) is 11.8 Å². The van der Waals surface area contributed by atoms with E-state index in [9.17, 15) is 13.2 Å². The summed E-state index contributed by atoms with van der Waals surface area (Å²) >= 11 is 1.11. The molecule has 1 N–H and O–H groups in total. The number of fused-ring (bicyclic) bond motifs is 1. The van der Waals surface area contributed by atoms with Crippen LogP contribution in [0.4, 0.5) is 0 Å². The lowest BCUT2D eigenvalue weighted by molar-refractivity contribution is -0.202. The van der Waals surface area contributed by atoms with Gasteiger partial charge < -0.3 is 4.74 Å². The van der Waals surface area contributed by atoms with E-state index in [-0.39, 0.29) is 17.2 Å². The van der Waals surface area contributed by atoms with Gasteiger partial charge in [0.25, 0.3) is 15.9 Å². The van der Waals surface area contributed by atoms with E-state index in [0.717, 1.165) is 60.1 Å². The zero-order valence-electron chi connectivity index (χ0n) is 22.6. The molecule has 5 rings (SSSR count). The molecule has 0 saturated carbocycles. The van der Waals surface area contributed by atoms with Gasteiger partial charge in [0.05, 0.1) is 4.88 Å². The molecule has 2 aromatic carbocycles. The predicted octanol–water partition coefficient (Wildman–Crippen LogP) is 5.18. The van der Waals surface area contributed by atoms with Crippen LogP contribution in [0.5, 0.6) is 0 Å². The number of nitrogens with zero attached hydrogens (tertiary/aromatic N) is 1. The minimum Gasteiger partial charge on any atom is -0.350 e. The molecule has 1 unspecified atom stereocenters. The first-order valence-electron chi connectivity index (χ1n) is 13.8. The van der Waals surface area contributed by atoms with Crippen LogP contribution in [-0.2, 0) is 43.8 Å². The lowest BCUT2D eigenvalue weighted by Gasteiger charge is -2.34. The van der Waals surface area contributed by atoms with Crippen LogP contribution in [0.1, 0.15) is 66.2 Å². The van der Waals surface area contributed by atoms with Crippen molar-refractivity contribution in [3.8, 4) is 11.8 Å². The Morgan fingerprint density at radius 3 is 2.62 bits per heavy atom. The summed E-state index contributed by atoms with van der Waals surface area (Å²) in [6, 6.07) is 18.1. The highest BCUT2D eigenvalue weighted by Gasteiger charge is 2.40. The van der Waals surface area contributed by atoms with Crippen LogP contribution < -0.4 is 5.48 Å². The maximum Gasteiger partial charge on any atom is 0.262 e. The predicted molar refractivity (Wildman–Crippen MR) is 155 cm³/mol. The summed E-state index contributed by atoms with van der Waals surface area (Å²) in [7, 11) is -3.98. The molecule has 9 heteroatoms. The summed E-state index contributed by atoms with van der Waals surface area (Å²) in [5, 5.41) is 0. The standard InChI is InChI=1S/C31H34N2O5S2/c1-2-3-8-23-12-14-24(15-13-23)16-17-27-18-19-30(39-27)40(35,36)33-22-26-10-5-4-9-25(26)21-28(33)31(34)32-38-29-11-6-7-20-37-29/h4-5,9-10,12-15,18-19,28-29H,2-3,6-8,11,20-22H2,1H3,(H,32,34)/t28-,29?/m1/s1. The van der Waals surface area contributed by atoms with Crippen molar-refractivity contribution in [2.24, 2.45) is 0 Å². The number of ether oxygens (including phenoxy) is 1. The summed E-state index contributed by atoms with van der Waals surface area (Å²) in [5.41, 5.74) is 6.47. The van der Waals surface area contributed by atoms with Gasteiger partial charge in [0.2, 0.25) is 0 Å². The summed E-state index contributed by atoms with van der Waals surface area (Å²) in [6.07, 6.45) is 5.68. The molecule has 2 aliphatic heterocycles. The zero-order valence-corrected chi connectivity index (χ0v) is 24.2. The molecule has 1 fully saturated rings. The van der Waals surface area contributed by atoms with E-state index in [0.29, 0.717) is 17.9 Å². The van der Waals surface area contributed by atoms with Crippen LogP contribution in [0.15, 0.2) is 64.9 Å². The molecule has 7 nitrogen and oxygen atoms in total. The van der Waals surface area contributed by atoms with Crippen molar-refractivity contribution in [2.45, 2.75) is 75.0 Å². The number of rotatable bonds is 8. The molecule has 3 aromatic rings. The highest BCUT2D eigenvalue weighted by atomic mass is 32.2. The number of benzene rings is 2. The van der Waals surface area contributed by atoms with Gasteiger partial charge >= 0.3 is 0 Å². The lowest BCUT2D eigenvalue weighted by Crippen LogP contribution is -2.52. The number of hydrogen-bond donors (Lipinski definition) is 1. The van der Waals surface area contributed by atoms with Crippen LogP contribution in [0.25, 0.3) is 0 Å². The Labute approximate surface area is 240 Å². The average Bonchev–Trinajstić information content (AvgIpc) is 3.48. The SMILES string of the molecule is CCCCc1ccc(C#Cc2ccc(S(=O)(=O)N3Cc4ccccc4C[C@@H]3C(=O)NOC3CCCCO3)s2)cc1. The van der Waals surface area contributed by atoms with E-state index >= 15 is 0 Å². The molecule has 2 atom stereocenters. The van der Waals surface area contributed by atoms with Gasteiger partial charge in [-0.3, -0.25) is 4.79 Å². The summed E-state index contributed by atoms with van der Waals surface area (Å²) in [5.74, 6) is 5.73. The fourth-order valence-corrected chi connectivity index (χ4v) is 7.74. The summed E-state index contributed by atoms with van der Waals surface area (Å²) < 4.78 is 34.7. The second-order valence-electron chi connectivity index (χ2n) is 10.1. The molecule has 3 heterocycles. The Balaban J connectivity index is 1.33. The number of hydrogen-bond acceptors (Lipinski definition) is 6. The number of unbranched alkanes of at least 4 members (excludes halogenated alkanes) is 1. The van der Waals surface area contributed by atoms with Crippen molar-refractivity contribution in [3.05, 3.63) is 87.8 Å². The second kappa shape index (κ2) is 13.1. The third-order valence-corrected chi connectivity index (χ3v) is 10.5. The number of hydroxylamine groups is 1. The van der Waals surface area contributed by atoms with E-state index < -0.39 is 28.3 Å². The Morgan fingerprint density at radius 2 is 1.88 bits per heavy atom. The highest BCUT2D eigenvalue weighted by Crippen LogP contribution is 2.32. The number of sulfonamides is 1. The lowest BCUT2D eigenvalue weighted by atomic mass is 9.95. The van der Waals surface area contributed by atoms with Gasteiger partial charge in [-0.2, -0.15) is 4.31 Å². The normalized spacial score (nSPS) is 19.3. The molecule has 1 aromatic heterocycles. The van der Waals surface area contributed by atoms with E-state index in [1.54, 1.807) is 12.1 Å². The average molecular weight is 579 g/mol. The monoisotopic (exact) mass is 578 g/mol. The van der Waals surface area contributed by atoms with Gasteiger partial charge in [0.15, 0.2) is 6.29 Å². The van der Waals surface area contributed by atoms with Gasteiger partial charge in [0, 0.05) is 25.1 Å². The van der Waals surface area contributed by atoms with Crippen molar-refractivity contribution >= 4 is 27.3 Å². The number of amides is 1. The van der Waals surface area contributed by atoms with E-state index in [4.69, 9.17) is 9.57 Å². The highest BCUT2D eigenvalue weighted by molar-refractivity contribution is 7.91. The topological polar surface area (TPSA) is 84.9 Å². The van der Waals surface area contributed by atoms with E-state index in [1.807, 2.05) is 36.4 Å². The number of thiophene rings is 1. The second-order valence-corrected chi connectivity index (χ2v) is 13.3. The number of carbonyl (C=O) groups excluding carboxylic acids is 1. The smallest absolute Gasteiger partial charge is 0.262 e. The first-order chi connectivity index (χ1) is 19.4. The first kappa shape index (κ1) is 28.5. The maximum absolute atomic E-state index is 13.9. The van der Waals surface area contributed by atoms with Crippen LogP contribution in [-0.4, -0.2) is 37.6 Å². The largest absolute Gasteiger partial charge is 0.350 e. The van der Waals surface area contributed by atoms with Gasteiger partial charge in [-0.25, -0.2) is 18.7 Å². The van der Waals surface area contributed by atoms with Crippen molar-refractivity contribution in [1.82, 2.24) is 9.79 Å². The van der Waals surface area contributed by atoms with Crippen LogP contribution in [0.3, 0.4) is 0 Å². The van der Waals surface area contributed by atoms with Crippen LogP contribution >= 0.6 is 11.3 Å². The number of nitrogens with one attached hydrogen (secondary N) is 1. The van der Waals surface area contributed by atoms with Crippen LogP contribution in [0.2, 0.25) is 0 Å². The number of aryl methyl sites for hydroxylation is 1. The summed E-state index contributed by atoms with van der Waals surface area (Å²) in [6.45, 7) is 2.85. The molecule has 1 saturated heterocycles. The van der Waals surface area contributed by atoms with Gasteiger partial charge in [-0.05, 0) is 73.1 Å². The minimum atomic E-state index is -3.98. The van der Waals surface area contributed by atoms with Gasteiger partial charge in [-0.1, -0.05) is 61.6 Å². The van der Waals surface area contributed by atoms with Crippen molar-refractivity contribution < 1.29 is 22.8 Å². The Bertz CT molecular complexity index is 1480. The van der Waals surface area contributed by atoms with E-state index in [2.05, 4.69) is 36.4 Å². The van der Waals surface area contributed by atoms with E-state index in [1.165, 1.54) is 9.87 Å². The quantitative estimate of drug-likeness (QED) is 0.294. The van der Waals surface area contributed by atoms with Crippen molar-refractivity contribution in [3.63, 3.8) is 0 Å². The molecule has 1 amide bonds. The Morgan fingerprint density at radius 1 is 1.07 bits per heavy atom. The molecular formula is C31H34N2O5S2. The molecule has 0 radical (unpaired) electrons. The van der Waals surface area contributed by atoms with Gasteiger partial charge in [-0.15, -0.1) is 11.3 Å². The minimum absolute atomic E-state index is 0.0970. The third kappa shape index (κ3) is 6.82. The number of carbonyl (C=O) groups is 1. The fourth-order valence-electron chi connectivity index (χ4n) is 4.88. The molecule has 0 spiro atoms. The molecule has 2 aliphatic rings. The van der Waals surface area contributed by atoms with Crippen molar-refractivity contribution in [1.29, 1.82) is 0 Å². The summed E-state index contributed by atoms with van der Waals surface area (Å²) in [4.78, 5) is 19.4. The molecule has 40 heavy (non-hydrogen) atoms. The Kier molecular flexibility index (Phi) is 9.35. The Hall–Kier alpha value is -3.00. The molecule has 0 aliphatic carbocycles. The molecule has 0 bridgehead atoms. The maximum atomic E-state index is 13.9. The molecule has 210 valence electrons. The zero-order chi connectivity index (χ0) is 28.0. The van der Waals surface area contributed by atoms with Crippen molar-refractivity contribution in [2.75, 3.05) is 6.61 Å². The third-order valence-electron chi connectivity index (χ3n) is 7.18. The van der Waals surface area contributed by atoms with Gasteiger partial charge in [0.1, 0.15) is 10.3 Å².